The summed E-state index contributed by atoms with van der Waals surface area (Å²) in [6.07, 6.45) is 7.64. The van der Waals surface area contributed by atoms with Crippen molar-refractivity contribution in [2.45, 2.75) is 20.0 Å². The molecule has 7 heteroatoms. The second kappa shape index (κ2) is 6.24. The topological polar surface area (TPSA) is 60.0 Å². The van der Waals surface area contributed by atoms with Crippen LogP contribution in [0.2, 0.25) is 0 Å². The molecular formula is C17H17BrN6. The molecule has 0 unspecified atom stereocenters. The van der Waals surface area contributed by atoms with E-state index in [1.807, 2.05) is 18.5 Å². The Labute approximate surface area is 148 Å². The van der Waals surface area contributed by atoms with Gasteiger partial charge in [0.15, 0.2) is 11.7 Å². The third-order valence-corrected chi connectivity index (χ3v) is 4.53. The molecule has 0 atom stereocenters. The number of imidazole rings is 2. The van der Waals surface area contributed by atoms with Crippen molar-refractivity contribution < 1.29 is 0 Å². The molecule has 4 rings (SSSR count). The van der Waals surface area contributed by atoms with Gasteiger partial charge in [0.25, 0.3) is 0 Å². The van der Waals surface area contributed by atoms with Crippen LogP contribution in [-0.2, 0) is 13.1 Å². The number of nitrogens with one attached hydrogen (secondary N) is 1. The van der Waals surface area contributed by atoms with Crippen molar-refractivity contribution in [1.82, 2.24) is 24.4 Å². The van der Waals surface area contributed by atoms with Crippen LogP contribution in [-0.4, -0.2) is 31.5 Å². The van der Waals surface area contributed by atoms with Crippen LogP contribution in [0.15, 0.2) is 52.3 Å². The van der Waals surface area contributed by atoms with Gasteiger partial charge < -0.3 is 14.5 Å². The number of aromatic nitrogens is 4. The fourth-order valence-electron chi connectivity index (χ4n) is 2.95. The average Bonchev–Trinajstić information content (AvgIpc) is 3.19. The van der Waals surface area contributed by atoms with Crippen molar-refractivity contribution in [3.05, 3.63) is 59.0 Å². The maximum atomic E-state index is 4.82. The van der Waals surface area contributed by atoms with Gasteiger partial charge in [-0.05, 0) is 31.2 Å². The maximum Gasteiger partial charge on any atom is 0.176 e. The quantitative estimate of drug-likeness (QED) is 0.751. The summed E-state index contributed by atoms with van der Waals surface area (Å²) in [5.74, 6) is 2.64. The molecule has 24 heavy (non-hydrogen) atoms. The summed E-state index contributed by atoms with van der Waals surface area (Å²) >= 11 is 3.52. The van der Waals surface area contributed by atoms with Gasteiger partial charge in [-0.3, -0.25) is 4.99 Å². The van der Waals surface area contributed by atoms with Crippen LogP contribution in [0.25, 0.3) is 11.0 Å². The predicted molar refractivity (Wildman–Crippen MR) is 98.1 cm³/mol. The fraction of sp³-hybridized carbons (Fsp3) is 0.235. The summed E-state index contributed by atoms with van der Waals surface area (Å²) in [5.41, 5.74) is 2.15. The lowest BCUT2D eigenvalue weighted by atomic mass is 10.3. The van der Waals surface area contributed by atoms with Crippen molar-refractivity contribution >= 4 is 32.8 Å². The summed E-state index contributed by atoms with van der Waals surface area (Å²) in [7, 11) is 0. The van der Waals surface area contributed by atoms with Gasteiger partial charge in [0.2, 0.25) is 0 Å². The molecule has 1 N–H and O–H groups in total. The number of nitrogens with zero attached hydrogens (tertiary/aromatic N) is 5. The largest absolute Gasteiger partial charge is 0.344 e. The van der Waals surface area contributed by atoms with E-state index in [0.717, 1.165) is 39.5 Å². The number of benzene rings is 1. The van der Waals surface area contributed by atoms with E-state index < -0.39 is 0 Å². The number of hydrogen-bond acceptors (Lipinski definition) is 4. The molecule has 0 spiro atoms. The zero-order valence-electron chi connectivity index (χ0n) is 13.3. The lowest BCUT2D eigenvalue weighted by Crippen LogP contribution is -2.26. The zero-order valence-corrected chi connectivity index (χ0v) is 14.9. The Morgan fingerprint density at radius 2 is 2.25 bits per heavy atom. The Morgan fingerprint density at radius 3 is 3.04 bits per heavy atom. The van der Waals surface area contributed by atoms with Crippen molar-refractivity contribution in [2.75, 3.05) is 6.54 Å². The molecule has 0 radical (unpaired) electrons. The smallest absolute Gasteiger partial charge is 0.176 e. The first-order valence-electron chi connectivity index (χ1n) is 7.88. The van der Waals surface area contributed by atoms with E-state index in [1.165, 1.54) is 0 Å². The number of aryl methyl sites for hydroxylation is 1. The molecule has 3 heterocycles. The zero-order chi connectivity index (χ0) is 16.5. The van der Waals surface area contributed by atoms with Crippen molar-refractivity contribution in [3.8, 4) is 0 Å². The molecular weight excluding hydrogens is 368 g/mol. The van der Waals surface area contributed by atoms with Gasteiger partial charge in [-0.2, -0.15) is 0 Å². The van der Waals surface area contributed by atoms with E-state index in [4.69, 9.17) is 4.98 Å². The molecule has 0 saturated heterocycles. The molecule has 0 saturated carbocycles. The number of amidine groups is 1. The molecule has 0 bridgehead atoms. The van der Waals surface area contributed by atoms with Crippen LogP contribution < -0.4 is 5.32 Å². The average molecular weight is 385 g/mol. The predicted octanol–water partition coefficient (Wildman–Crippen LogP) is 2.93. The summed E-state index contributed by atoms with van der Waals surface area (Å²) in [6, 6.07) is 6.21. The van der Waals surface area contributed by atoms with Crippen LogP contribution in [0.5, 0.6) is 0 Å². The lowest BCUT2D eigenvalue weighted by Gasteiger charge is -2.12. The van der Waals surface area contributed by atoms with Crippen LogP contribution >= 0.6 is 15.9 Å². The number of fused-ring (bicyclic) bond motifs is 1. The maximum absolute atomic E-state index is 4.82. The molecule has 1 aromatic carbocycles. The minimum Gasteiger partial charge on any atom is -0.344 e. The summed E-state index contributed by atoms with van der Waals surface area (Å²) < 4.78 is 5.35. The molecule has 1 aliphatic heterocycles. The number of halogens is 1. The molecule has 6 nitrogen and oxygen atoms in total. The van der Waals surface area contributed by atoms with Crippen LogP contribution in [0, 0.1) is 0 Å². The third kappa shape index (κ3) is 2.65. The minimum absolute atomic E-state index is 0.653. The Bertz CT molecular complexity index is 949. The third-order valence-electron chi connectivity index (χ3n) is 4.04. The van der Waals surface area contributed by atoms with Gasteiger partial charge in [-0.1, -0.05) is 15.9 Å². The van der Waals surface area contributed by atoms with Crippen molar-refractivity contribution in [2.24, 2.45) is 4.99 Å². The second-order valence-electron chi connectivity index (χ2n) is 5.52. The van der Waals surface area contributed by atoms with Crippen LogP contribution in [0.3, 0.4) is 0 Å². The first-order valence-corrected chi connectivity index (χ1v) is 8.67. The Hall–Kier alpha value is -2.41. The van der Waals surface area contributed by atoms with E-state index in [1.54, 1.807) is 6.20 Å². The molecule has 3 aromatic rings. The van der Waals surface area contributed by atoms with E-state index in [9.17, 15) is 0 Å². The Kier molecular flexibility index (Phi) is 3.93. The van der Waals surface area contributed by atoms with Gasteiger partial charge in [0.1, 0.15) is 5.82 Å². The molecule has 2 aromatic heterocycles. The van der Waals surface area contributed by atoms with E-state index in [0.29, 0.717) is 13.1 Å². The normalized spacial score (nSPS) is 14.0. The van der Waals surface area contributed by atoms with Crippen LogP contribution in [0.4, 0.5) is 0 Å². The van der Waals surface area contributed by atoms with Gasteiger partial charge >= 0.3 is 0 Å². The van der Waals surface area contributed by atoms with Gasteiger partial charge in [0, 0.05) is 29.6 Å². The molecule has 1 aliphatic rings. The van der Waals surface area contributed by atoms with Gasteiger partial charge in [0.05, 0.1) is 24.1 Å². The standard InChI is InChI=1S/C17H17BrN6/c1-2-24-14-5-4-12(18)10-13(14)22-15(24)11-23-9-8-21-17(23)16-19-6-3-7-20-16/h3-6,8-10H,2,7,11H2,1H3,(H,19,20). The highest BCUT2D eigenvalue weighted by Crippen LogP contribution is 2.21. The molecule has 0 aliphatic carbocycles. The molecule has 0 fully saturated rings. The van der Waals surface area contributed by atoms with Crippen LogP contribution in [0.1, 0.15) is 18.6 Å². The monoisotopic (exact) mass is 384 g/mol. The SMILES string of the molecule is CCn1c(Cn2ccnc2C2=NCC=CN2)nc2cc(Br)ccc21. The van der Waals surface area contributed by atoms with Crippen molar-refractivity contribution in [1.29, 1.82) is 0 Å². The Balaban J connectivity index is 1.73. The minimum atomic E-state index is 0.653. The highest BCUT2D eigenvalue weighted by atomic mass is 79.9. The van der Waals surface area contributed by atoms with E-state index in [-0.39, 0.29) is 0 Å². The van der Waals surface area contributed by atoms with Crippen molar-refractivity contribution in [3.63, 3.8) is 0 Å². The first kappa shape index (κ1) is 15.1. The first-order chi connectivity index (χ1) is 11.8. The van der Waals surface area contributed by atoms with E-state index in [2.05, 4.69) is 65.5 Å². The molecule has 122 valence electrons. The fourth-order valence-corrected chi connectivity index (χ4v) is 3.30. The summed E-state index contributed by atoms with van der Waals surface area (Å²) in [5, 5.41) is 3.16. The van der Waals surface area contributed by atoms with E-state index >= 15 is 0 Å². The Morgan fingerprint density at radius 1 is 1.33 bits per heavy atom. The number of aliphatic imine (C=N–C) groups is 1. The highest BCUT2D eigenvalue weighted by molar-refractivity contribution is 9.10. The highest BCUT2D eigenvalue weighted by Gasteiger charge is 2.15. The van der Waals surface area contributed by atoms with Gasteiger partial charge in [-0.15, -0.1) is 0 Å². The lowest BCUT2D eigenvalue weighted by molar-refractivity contribution is 0.659. The number of hydrogen-bond donors (Lipinski definition) is 1. The van der Waals surface area contributed by atoms with Gasteiger partial charge in [-0.25, -0.2) is 9.97 Å². The summed E-state index contributed by atoms with van der Waals surface area (Å²) in [6.45, 7) is 4.34. The summed E-state index contributed by atoms with van der Waals surface area (Å²) in [4.78, 5) is 13.7. The molecule has 0 amide bonds. The second-order valence-corrected chi connectivity index (χ2v) is 6.44. The number of rotatable bonds is 4.